The van der Waals surface area contributed by atoms with Crippen molar-refractivity contribution < 1.29 is 4.74 Å². The van der Waals surface area contributed by atoms with Gasteiger partial charge in [0.2, 0.25) is 0 Å². The summed E-state index contributed by atoms with van der Waals surface area (Å²) in [6.45, 7) is 5.21. The normalized spacial score (nSPS) is 38.8. The third-order valence-corrected chi connectivity index (χ3v) is 3.88. The van der Waals surface area contributed by atoms with Gasteiger partial charge in [0.15, 0.2) is 0 Å². The highest BCUT2D eigenvalue weighted by atomic mass is 16.5. The van der Waals surface area contributed by atoms with E-state index in [0.29, 0.717) is 5.54 Å². The quantitative estimate of drug-likeness (QED) is 0.733. The van der Waals surface area contributed by atoms with Crippen LogP contribution < -0.4 is 5.32 Å². The molecule has 0 bridgehead atoms. The zero-order valence-corrected chi connectivity index (χ0v) is 9.35. The Labute approximate surface area is 87.4 Å². The molecule has 1 saturated carbocycles. The highest BCUT2D eigenvalue weighted by Crippen LogP contribution is 2.35. The Balaban J connectivity index is 1.81. The van der Waals surface area contributed by atoms with E-state index in [1.54, 1.807) is 0 Å². The molecule has 1 N–H and O–H groups in total. The first kappa shape index (κ1) is 10.4. The number of ether oxygens (including phenoxy) is 1. The van der Waals surface area contributed by atoms with Crippen LogP contribution in [-0.4, -0.2) is 25.3 Å². The maximum Gasteiger partial charge on any atom is 0.0648 e. The monoisotopic (exact) mass is 197 g/mol. The van der Waals surface area contributed by atoms with Gasteiger partial charge in [0.1, 0.15) is 0 Å². The average molecular weight is 197 g/mol. The highest BCUT2D eigenvalue weighted by molar-refractivity contribution is 4.94. The van der Waals surface area contributed by atoms with Gasteiger partial charge in [-0.3, -0.25) is 0 Å². The van der Waals surface area contributed by atoms with Crippen molar-refractivity contribution in [3.63, 3.8) is 0 Å². The number of hydrogen-bond donors (Lipinski definition) is 1. The molecule has 0 aromatic carbocycles. The van der Waals surface area contributed by atoms with E-state index in [1.807, 2.05) is 0 Å². The summed E-state index contributed by atoms with van der Waals surface area (Å²) >= 11 is 0. The third-order valence-electron chi connectivity index (χ3n) is 3.88. The Kier molecular flexibility index (Phi) is 3.45. The van der Waals surface area contributed by atoms with E-state index < -0.39 is 0 Å². The summed E-state index contributed by atoms with van der Waals surface area (Å²) in [5, 5.41) is 3.67. The molecule has 2 fully saturated rings. The standard InChI is InChI=1S/C12H23NO/c1-2-3-11-4-6-12(7-5-11)10-14-9-8-13-12/h11,13H,2-10H2,1H3. The molecule has 14 heavy (non-hydrogen) atoms. The fraction of sp³-hybridized carbons (Fsp3) is 1.00. The SMILES string of the molecule is CCCC1CCC2(CC1)COCCN2. The van der Waals surface area contributed by atoms with Crippen LogP contribution in [0.3, 0.4) is 0 Å². The molecule has 1 aliphatic heterocycles. The Hall–Kier alpha value is -0.0800. The van der Waals surface area contributed by atoms with Crippen molar-refractivity contribution >= 4 is 0 Å². The zero-order chi connectivity index (χ0) is 9.86. The molecule has 1 heterocycles. The van der Waals surface area contributed by atoms with E-state index in [9.17, 15) is 0 Å². The number of hydrogen-bond acceptors (Lipinski definition) is 2. The lowest BCUT2D eigenvalue weighted by Crippen LogP contribution is -2.55. The molecule has 1 spiro atoms. The molecule has 2 rings (SSSR count). The van der Waals surface area contributed by atoms with Crippen molar-refractivity contribution in [2.75, 3.05) is 19.8 Å². The van der Waals surface area contributed by atoms with Crippen molar-refractivity contribution in [2.45, 2.75) is 51.0 Å². The van der Waals surface area contributed by atoms with E-state index in [4.69, 9.17) is 4.74 Å². The van der Waals surface area contributed by atoms with Crippen molar-refractivity contribution in [2.24, 2.45) is 5.92 Å². The molecule has 1 aliphatic carbocycles. The first-order chi connectivity index (χ1) is 6.85. The van der Waals surface area contributed by atoms with E-state index in [2.05, 4.69) is 12.2 Å². The van der Waals surface area contributed by atoms with Crippen molar-refractivity contribution in [1.82, 2.24) is 5.32 Å². The lowest BCUT2D eigenvalue weighted by Gasteiger charge is -2.43. The smallest absolute Gasteiger partial charge is 0.0648 e. The molecule has 0 amide bonds. The van der Waals surface area contributed by atoms with Crippen molar-refractivity contribution in [1.29, 1.82) is 0 Å². The van der Waals surface area contributed by atoms with Gasteiger partial charge in [0.25, 0.3) is 0 Å². The fourth-order valence-electron chi connectivity index (χ4n) is 2.96. The predicted molar refractivity (Wildman–Crippen MR) is 58.4 cm³/mol. The lowest BCUT2D eigenvalue weighted by atomic mass is 9.75. The summed E-state index contributed by atoms with van der Waals surface area (Å²) in [5.41, 5.74) is 0.364. The van der Waals surface area contributed by atoms with Gasteiger partial charge in [-0.15, -0.1) is 0 Å². The van der Waals surface area contributed by atoms with Crippen LogP contribution in [0.15, 0.2) is 0 Å². The molecule has 1 saturated heterocycles. The number of nitrogens with one attached hydrogen (secondary N) is 1. The minimum absolute atomic E-state index is 0.364. The van der Waals surface area contributed by atoms with Gasteiger partial charge >= 0.3 is 0 Å². The van der Waals surface area contributed by atoms with Crippen LogP contribution in [0.25, 0.3) is 0 Å². The van der Waals surface area contributed by atoms with E-state index >= 15 is 0 Å². The van der Waals surface area contributed by atoms with E-state index in [-0.39, 0.29) is 0 Å². The lowest BCUT2D eigenvalue weighted by molar-refractivity contribution is 0.00160. The van der Waals surface area contributed by atoms with Gasteiger partial charge in [0.05, 0.1) is 13.2 Å². The molecular formula is C12H23NO. The van der Waals surface area contributed by atoms with Gasteiger partial charge in [-0.1, -0.05) is 19.8 Å². The van der Waals surface area contributed by atoms with E-state index in [1.165, 1.54) is 38.5 Å². The summed E-state index contributed by atoms with van der Waals surface area (Å²) in [5.74, 6) is 0.995. The van der Waals surface area contributed by atoms with Gasteiger partial charge in [0, 0.05) is 12.1 Å². The molecule has 0 radical (unpaired) electrons. The Morgan fingerprint density at radius 2 is 2.14 bits per heavy atom. The first-order valence-corrected chi connectivity index (χ1v) is 6.17. The molecule has 0 unspecified atom stereocenters. The second-order valence-electron chi connectivity index (χ2n) is 4.99. The minimum Gasteiger partial charge on any atom is -0.378 e. The van der Waals surface area contributed by atoms with Crippen LogP contribution in [0.4, 0.5) is 0 Å². The van der Waals surface area contributed by atoms with Crippen LogP contribution >= 0.6 is 0 Å². The van der Waals surface area contributed by atoms with Crippen LogP contribution in [0.1, 0.15) is 45.4 Å². The Morgan fingerprint density at radius 1 is 1.36 bits per heavy atom. The van der Waals surface area contributed by atoms with Gasteiger partial charge in [-0.25, -0.2) is 0 Å². The molecule has 0 aromatic heterocycles. The average Bonchev–Trinajstić information content (AvgIpc) is 2.24. The molecule has 0 atom stereocenters. The van der Waals surface area contributed by atoms with Gasteiger partial charge < -0.3 is 10.1 Å². The molecule has 2 heteroatoms. The van der Waals surface area contributed by atoms with Gasteiger partial charge in [-0.05, 0) is 31.6 Å². The van der Waals surface area contributed by atoms with Crippen molar-refractivity contribution in [3.05, 3.63) is 0 Å². The molecule has 2 aliphatic rings. The predicted octanol–water partition coefficient (Wildman–Crippen LogP) is 2.34. The Morgan fingerprint density at radius 3 is 2.71 bits per heavy atom. The number of morpholine rings is 1. The second kappa shape index (κ2) is 4.63. The maximum atomic E-state index is 5.60. The van der Waals surface area contributed by atoms with E-state index in [0.717, 1.165) is 25.7 Å². The second-order valence-corrected chi connectivity index (χ2v) is 4.99. The summed E-state index contributed by atoms with van der Waals surface area (Å²) in [6, 6.07) is 0. The van der Waals surface area contributed by atoms with Crippen molar-refractivity contribution in [3.8, 4) is 0 Å². The van der Waals surface area contributed by atoms with Crippen LogP contribution in [0.2, 0.25) is 0 Å². The summed E-state index contributed by atoms with van der Waals surface area (Å²) in [7, 11) is 0. The zero-order valence-electron chi connectivity index (χ0n) is 9.35. The highest BCUT2D eigenvalue weighted by Gasteiger charge is 2.36. The number of rotatable bonds is 2. The van der Waals surface area contributed by atoms with Crippen LogP contribution in [0.5, 0.6) is 0 Å². The first-order valence-electron chi connectivity index (χ1n) is 6.17. The minimum atomic E-state index is 0.364. The maximum absolute atomic E-state index is 5.60. The third kappa shape index (κ3) is 2.29. The van der Waals surface area contributed by atoms with Gasteiger partial charge in [-0.2, -0.15) is 0 Å². The molecule has 2 nitrogen and oxygen atoms in total. The molecule has 0 aromatic rings. The molecule has 82 valence electrons. The summed E-state index contributed by atoms with van der Waals surface area (Å²) < 4.78 is 5.60. The topological polar surface area (TPSA) is 21.3 Å². The van der Waals surface area contributed by atoms with Crippen LogP contribution in [0, 0.1) is 5.92 Å². The molecular weight excluding hydrogens is 174 g/mol. The van der Waals surface area contributed by atoms with Crippen LogP contribution in [-0.2, 0) is 4.74 Å². The largest absolute Gasteiger partial charge is 0.378 e. The summed E-state index contributed by atoms with van der Waals surface area (Å²) in [4.78, 5) is 0. The summed E-state index contributed by atoms with van der Waals surface area (Å²) in [6.07, 6.45) is 8.25. The fourth-order valence-corrected chi connectivity index (χ4v) is 2.96. The Bertz CT molecular complexity index is 165.